The Labute approximate surface area is 111 Å². The summed E-state index contributed by atoms with van der Waals surface area (Å²) in [6.45, 7) is 3.40. The minimum absolute atomic E-state index is 0.124. The van der Waals surface area contributed by atoms with Gasteiger partial charge in [-0.3, -0.25) is 4.79 Å². The first kappa shape index (κ1) is 13.3. The van der Waals surface area contributed by atoms with Crippen LogP contribution in [0.5, 0.6) is 0 Å². The lowest BCUT2D eigenvalue weighted by Gasteiger charge is -2.21. The number of halogens is 1. The second kappa shape index (κ2) is 5.69. The van der Waals surface area contributed by atoms with Gasteiger partial charge in [-0.1, -0.05) is 17.7 Å². The van der Waals surface area contributed by atoms with Gasteiger partial charge in [0.1, 0.15) is 0 Å². The molecule has 0 bridgehead atoms. The van der Waals surface area contributed by atoms with E-state index in [0.717, 1.165) is 5.56 Å². The molecule has 1 unspecified atom stereocenters. The van der Waals surface area contributed by atoms with Crippen LogP contribution in [0.2, 0.25) is 5.02 Å². The third-order valence-corrected chi connectivity index (χ3v) is 3.36. The number of nitrogens with zero attached hydrogens (tertiary/aromatic N) is 1. The molecule has 1 atom stereocenters. The molecular weight excluding hydrogens is 254 g/mol. The molecule has 1 aromatic carbocycles. The monoisotopic (exact) mass is 269 g/mol. The van der Waals surface area contributed by atoms with Gasteiger partial charge in [-0.15, -0.1) is 0 Å². The highest BCUT2D eigenvalue weighted by Gasteiger charge is 2.22. The zero-order chi connectivity index (χ0) is 13.1. The number of hydrogen-bond donors (Lipinski definition) is 1. The van der Waals surface area contributed by atoms with E-state index in [1.54, 1.807) is 17.0 Å². The third kappa shape index (κ3) is 3.02. The molecule has 4 nitrogen and oxygen atoms in total. The fourth-order valence-corrected chi connectivity index (χ4v) is 2.07. The van der Waals surface area contributed by atoms with Crippen LogP contribution < -0.4 is 0 Å². The molecule has 0 aliphatic carbocycles. The number of hydrogen-bond acceptors (Lipinski definition) is 3. The highest BCUT2D eigenvalue weighted by Crippen LogP contribution is 2.18. The van der Waals surface area contributed by atoms with Crippen molar-refractivity contribution in [2.45, 2.75) is 13.0 Å². The van der Waals surface area contributed by atoms with Gasteiger partial charge >= 0.3 is 0 Å². The van der Waals surface area contributed by atoms with Crippen LogP contribution in [0.3, 0.4) is 0 Å². The van der Waals surface area contributed by atoms with Crippen molar-refractivity contribution in [1.29, 1.82) is 0 Å². The Hall–Kier alpha value is -1.10. The lowest BCUT2D eigenvalue weighted by Crippen LogP contribution is -2.37. The largest absolute Gasteiger partial charge is 0.389 e. The van der Waals surface area contributed by atoms with Gasteiger partial charge in [0, 0.05) is 23.7 Å². The molecule has 18 heavy (non-hydrogen) atoms. The molecule has 1 saturated heterocycles. The minimum Gasteiger partial charge on any atom is -0.389 e. The van der Waals surface area contributed by atoms with Crippen LogP contribution in [0.4, 0.5) is 0 Å². The van der Waals surface area contributed by atoms with E-state index < -0.39 is 6.10 Å². The second-order valence-electron chi connectivity index (χ2n) is 4.44. The summed E-state index contributed by atoms with van der Waals surface area (Å²) in [5, 5.41) is 10.2. The highest BCUT2D eigenvalue weighted by atomic mass is 35.5. The lowest BCUT2D eigenvalue weighted by molar-refractivity contribution is 0.0534. The zero-order valence-corrected chi connectivity index (χ0v) is 11.0. The number of aliphatic hydroxyl groups excluding tert-OH is 1. The summed E-state index contributed by atoms with van der Waals surface area (Å²) in [5.41, 5.74) is 1.48. The van der Waals surface area contributed by atoms with Gasteiger partial charge in [-0.05, 0) is 24.6 Å². The molecule has 98 valence electrons. The van der Waals surface area contributed by atoms with E-state index in [1.807, 2.05) is 13.0 Å². The maximum absolute atomic E-state index is 12.3. The second-order valence-corrected chi connectivity index (χ2v) is 4.85. The summed E-state index contributed by atoms with van der Waals surface area (Å²) < 4.78 is 5.20. The molecule has 1 aromatic rings. The van der Waals surface area contributed by atoms with Crippen LogP contribution in [-0.2, 0) is 4.74 Å². The molecule has 1 fully saturated rings. The maximum atomic E-state index is 12.3. The summed E-state index contributed by atoms with van der Waals surface area (Å²) in [5.74, 6) is -0.124. The first-order valence-corrected chi connectivity index (χ1v) is 6.27. The number of carbonyl (C=O) groups excluding carboxylic acids is 1. The summed E-state index contributed by atoms with van der Waals surface area (Å²) in [6, 6.07) is 5.24. The molecule has 1 heterocycles. The average Bonchev–Trinajstić information content (AvgIpc) is 2.56. The van der Waals surface area contributed by atoms with Gasteiger partial charge < -0.3 is 14.7 Å². The van der Waals surface area contributed by atoms with Gasteiger partial charge in [0.25, 0.3) is 5.91 Å². The fraction of sp³-hybridized carbons (Fsp3) is 0.462. The van der Waals surface area contributed by atoms with Gasteiger partial charge in [-0.25, -0.2) is 0 Å². The normalized spacial score (nSPS) is 20.6. The van der Waals surface area contributed by atoms with Gasteiger partial charge in [0.05, 0.1) is 19.3 Å². The van der Waals surface area contributed by atoms with Crippen LogP contribution in [0.15, 0.2) is 18.2 Å². The van der Waals surface area contributed by atoms with Crippen molar-refractivity contribution < 1.29 is 14.6 Å². The first-order chi connectivity index (χ1) is 8.58. The van der Waals surface area contributed by atoms with Crippen molar-refractivity contribution in [3.8, 4) is 0 Å². The average molecular weight is 270 g/mol. The quantitative estimate of drug-likeness (QED) is 0.840. The molecule has 0 aromatic heterocycles. The van der Waals surface area contributed by atoms with Crippen LogP contribution in [-0.4, -0.2) is 48.3 Å². The molecule has 5 heteroatoms. The Kier molecular flexibility index (Phi) is 4.22. The number of β-amino-alcohol motifs (C(OH)–C–C–N with tert-alkyl or cyclic N) is 1. The van der Waals surface area contributed by atoms with Crippen molar-refractivity contribution in [1.82, 2.24) is 4.90 Å². The van der Waals surface area contributed by atoms with E-state index in [2.05, 4.69) is 0 Å². The van der Waals surface area contributed by atoms with E-state index in [1.165, 1.54) is 0 Å². The molecule has 1 aliphatic heterocycles. The van der Waals surface area contributed by atoms with Crippen LogP contribution in [0.25, 0.3) is 0 Å². The zero-order valence-electron chi connectivity index (χ0n) is 10.2. The Morgan fingerprint density at radius 2 is 2.33 bits per heavy atom. The maximum Gasteiger partial charge on any atom is 0.254 e. The van der Waals surface area contributed by atoms with E-state index in [0.29, 0.717) is 30.3 Å². The molecule has 1 aliphatic rings. The number of ether oxygens (including phenoxy) is 1. The standard InChI is InChI=1S/C13H16ClNO3/c1-9-2-3-10(6-12(9)14)13(17)15-4-5-18-8-11(16)7-15/h2-3,6,11,16H,4-5,7-8H2,1H3. The molecule has 0 radical (unpaired) electrons. The molecular formula is C13H16ClNO3. The van der Waals surface area contributed by atoms with Crippen molar-refractivity contribution in [3.05, 3.63) is 34.3 Å². The SMILES string of the molecule is Cc1ccc(C(=O)N2CCOCC(O)C2)cc1Cl. The number of amides is 1. The van der Waals surface area contributed by atoms with Gasteiger partial charge in [0.15, 0.2) is 0 Å². The number of carbonyl (C=O) groups is 1. The molecule has 0 saturated carbocycles. The summed E-state index contributed by atoms with van der Waals surface area (Å²) >= 11 is 6.01. The van der Waals surface area contributed by atoms with Gasteiger partial charge in [-0.2, -0.15) is 0 Å². The fourth-order valence-electron chi connectivity index (χ4n) is 1.89. The first-order valence-electron chi connectivity index (χ1n) is 5.89. The van der Waals surface area contributed by atoms with Crippen molar-refractivity contribution >= 4 is 17.5 Å². The van der Waals surface area contributed by atoms with Crippen LogP contribution in [0.1, 0.15) is 15.9 Å². The Morgan fingerprint density at radius 3 is 3.06 bits per heavy atom. The predicted molar refractivity (Wildman–Crippen MR) is 68.9 cm³/mol. The molecule has 1 N–H and O–H groups in total. The molecule has 1 amide bonds. The number of aliphatic hydroxyl groups is 1. The molecule has 0 spiro atoms. The van der Waals surface area contributed by atoms with Crippen molar-refractivity contribution in [2.24, 2.45) is 0 Å². The van der Waals surface area contributed by atoms with E-state index in [-0.39, 0.29) is 12.5 Å². The summed E-state index contributed by atoms with van der Waals surface area (Å²) in [4.78, 5) is 13.9. The predicted octanol–water partition coefficient (Wildman–Crippen LogP) is 1.48. The Morgan fingerprint density at radius 1 is 1.56 bits per heavy atom. The Bertz CT molecular complexity index is 450. The highest BCUT2D eigenvalue weighted by molar-refractivity contribution is 6.31. The third-order valence-electron chi connectivity index (χ3n) is 2.95. The van der Waals surface area contributed by atoms with Gasteiger partial charge in [0.2, 0.25) is 0 Å². The van der Waals surface area contributed by atoms with E-state index >= 15 is 0 Å². The van der Waals surface area contributed by atoms with Crippen molar-refractivity contribution in [3.63, 3.8) is 0 Å². The minimum atomic E-state index is -0.627. The number of benzene rings is 1. The van der Waals surface area contributed by atoms with E-state index in [4.69, 9.17) is 16.3 Å². The van der Waals surface area contributed by atoms with Crippen molar-refractivity contribution in [2.75, 3.05) is 26.3 Å². The smallest absolute Gasteiger partial charge is 0.254 e. The number of aryl methyl sites for hydroxylation is 1. The summed E-state index contributed by atoms with van der Waals surface area (Å²) in [7, 11) is 0. The Balaban J connectivity index is 2.16. The topological polar surface area (TPSA) is 49.8 Å². The molecule has 2 rings (SSSR count). The van der Waals surface area contributed by atoms with E-state index in [9.17, 15) is 9.90 Å². The van der Waals surface area contributed by atoms with Crippen LogP contribution >= 0.6 is 11.6 Å². The lowest BCUT2D eigenvalue weighted by atomic mass is 10.1. The van der Waals surface area contributed by atoms with Crippen LogP contribution in [0, 0.1) is 6.92 Å². The summed E-state index contributed by atoms with van der Waals surface area (Å²) in [6.07, 6.45) is -0.627. The number of rotatable bonds is 1.